The van der Waals surface area contributed by atoms with Crippen LogP contribution in [0.3, 0.4) is 0 Å². The largest absolute Gasteiger partial charge is 0.377 e. The van der Waals surface area contributed by atoms with Crippen molar-refractivity contribution in [3.8, 4) is 0 Å². The SMILES string of the molecule is CC1CN(C2CNCc3ccccc32)CCCO1. The summed E-state index contributed by atoms with van der Waals surface area (Å²) < 4.78 is 5.75. The molecule has 3 heteroatoms. The molecule has 3 rings (SSSR count). The fourth-order valence-electron chi connectivity index (χ4n) is 3.11. The minimum atomic E-state index is 0.349. The van der Waals surface area contributed by atoms with Crippen molar-refractivity contribution in [3.05, 3.63) is 35.4 Å². The summed E-state index contributed by atoms with van der Waals surface area (Å²) in [4.78, 5) is 2.59. The zero-order valence-electron chi connectivity index (χ0n) is 11.1. The minimum absolute atomic E-state index is 0.349. The van der Waals surface area contributed by atoms with Crippen LogP contribution in [0.15, 0.2) is 24.3 Å². The number of benzene rings is 1. The molecule has 2 aliphatic heterocycles. The average molecular weight is 246 g/mol. The molecule has 1 aromatic carbocycles. The fourth-order valence-corrected chi connectivity index (χ4v) is 3.11. The van der Waals surface area contributed by atoms with E-state index in [1.807, 2.05) is 0 Å². The summed E-state index contributed by atoms with van der Waals surface area (Å²) in [7, 11) is 0. The summed E-state index contributed by atoms with van der Waals surface area (Å²) in [6, 6.07) is 9.34. The molecule has 0 radical (unpaired) electrons. The van der Waals surface area contributed by atoms with Gasteiger partial charge in [0.2, 0.25) is 0 Å². The molecule has 3 nitrogen and oxygen atoms in total. The first-order chi connectivity index (χ1) is 8.84. The summed E-state index contributed by atoms with van der Waals surface area (Å²) in [6.45, 7) is 7.34. The molecular formula is C15H22N2O. The van der Waals surface area contributed by atoms with E-state index in [1.54, 1.807) is 0 Å². The normalized spacial score (nSPS) is 29.6. The Balaban J connectivity index is 1.84. The third kappa shape index (κ3) is 2.44. The average Bonchev–Trinajstić information content (AvgIpc) is 2.63. The van der Waals surface area contributed by atoms with Gasteiger partial charge < -0.3 is 10.1 Å². The van der Waals surface area contributed by atoms with Gasteiger partial charge in [-0.2, -0.15) is 0 Å². The third-order valence-corrected chi connectivity index (χ3v) is 3.99. The maximum absolute atomic E-state index is 5.75. The molecule has 2 aliphatic rings. The summed E-state index contributed by atoms with van der Waals surface area (Å²) in [5.74, 6) is 0. The van der Waals surface area contributed by atoms with Gasteiger partial charge >= 0.3 is 0 Å². The lowest BCUT2D eigenvalue weighted by atomic mass is 9.95. The number of hydrogen-bond acceptors (Lipinski definition) is 3. The summed E-state index contributed by atoms with van der Waals surface area (Å²) in [5.41, 5.74) is 2.96. The fraction of sp³-hybridized carbons (Fsp3) is 0.600. The van der Waals surface area contributed by atoms with E-state index in [4.69, 9.17) is 4.74 Å². The van der Waals surface area contributed by atoms with Gasteiger partial charge in [0.1, 0.15) is 0 Å². The maximum Gasteiger partial charge on any atom is 0.0674 e. The van der Waals surface area contributed by atoms with Crippen LogP contribution in [0.25, 0.3) is 0 Å². The van der Waals surface area contributed by atoms with Gasteiger partial charge in [0.25, 0.3) is 0 Å². The highest BCUT2D eigenvalue weighted by Crippen LogP contribution is 2.28. The summed E-state index contributed by atoms with van der Waals surface area (Å²) in [6.07, 6.45) is 1.49. The molecule has 98 valence electrons. The second-order valence-electron chi connectivity index (χ2n) is 5.38. The Morgan fingerprint density at radius 2 is 2.22 bits per heavy atom. The lowest BCUT2D eigenvalue weighted by molar-refractivity contribution is 0.0596. The van der Waals surface area contributed by atoms with Gasteiger partial charge in [-0.25, -0.2) is 0 Å². The van der Waals surface area contributed by atoms with Crippen LogP contribution in [0, 0.1) is 0 Å². The lowest BCUT2D eigenvalue weighted by Gasteiger charge is -2.36. The molecule has 18 heavy (non-hydrogen) atoms. The van der Waals surface area contributed by atoms with Crippen LogP contribution < -0.4 is 5.32 Å². The quantitative estimate of drug-likeness (QED) is 0.819. The molecule has 0 bridgehead atoms. The molecule has 2 heterocycles. The van der Waals surface area contributed by atoms with Gasteiger partial charge in [-0.05, 0) is 24.5 Å². The molecule has 0 aromatic heterocycles. The molecular weight excluding hydrogens is 224 g/mol. The summed E-state index contributed by atoms with van der Waals surface area (Å²) >= 11 is 0. The van der Waals surface area contributed by atoms with Crippen LogP contribution in [0.4, 0.5) is 0 Å². The number of nitrogens with one attached hydrogen (secondary N) is 1. The van der Waals surface area contributed by atoms with Crippen LogP contribution in [-0.2, 0) is 11.3 Å². The number of rotatable bonds is 1. The third-order valence-electron chi connectivity index (χ3n) is 3.99. The van der Waals surface area contributed by atoms with Gasteiger partial charge in [-0.3, -0.25) is 4.90 Å². The van der Waals surface area contributed by atoms with Gasteiger partial charge in [-0.15, -0.1) is 0 Å². The minimum Gasteiger partial charge on any atom is -0.377 e. The Hall–Kier alpha value is -0.900. The van der Waals surface area contributed by atoms with E-state index in [2.05, 4.69) is 41.4 Å². The first kappa shape index (κ1) is 12.2. The molecule has 0 spiro atoms. The number of hydrogen-bond donors (Lipinski definition) is 1. The zero-order chi connectivity index (χ0) is 12.4. The van der Waals surface area contributed by atoms with Gasteiger partial charge in [0.15, 0.2) is 0 Å². The van der Waals surface area contributed by atoms with Gasteiger partial charge in [0, 0.05) is 38.8 Å². The summed E-state index contributed by atoms with van der Waals surface area (Å²) in [5, 5.41) is 3.54. The van der Waals surface area contributed by atoms with Crippen molar-refractivity contribution in [3.63, 3.8) is 0 Å². The van der Waals surface area contributed by atoms with Gasteiger partial charge in [0.05, 0.1) is 6.10 Å². The second-order valence-corrected chi connectivity index (χ2v) is 5.38. The highest BCUT2D eigenvalue weighted by Gasteiger charge is 2.27. The Morgan fingerprint density at radius 1 is 1.33 bits per heavy atom. The molecule has 2 unspecified atom stereocenters. The number of fused-ring (bicyclic) bond motifs is 1. The van der Waals surface area contributed by atoms with Crippen molar-refractivity contribution in [1.29, 1.82) is 0 Å². The van der Waals surface area contributed by atoms with E-state index in [0.29, 0.717) is 12.1 Å². The zero-order valence-corrected chi connectivity index (χ0v) is 11.1. The monoisotopic (exact) mass is 246 g/mol. The standard InChI is InChI=1S/C15H22N2O/c1-12-11-17(7-4-8-18-12)15-10-16-9-13-5-2-3-6-14(13)15/h2-3,5-6,12,15-16H,4,7-11H2,1H3. The smallest absolute Gasteiger partial charge is 0.0674 e. The Bertz CT molecular complexity index is 407. The van der Waals surface area contributed by atoms with Crippen LogP contribution in [0.1, 0.15) is 30.5 Å². The topological polar surface area (TPSA) is 24.5 Å². The molecule has 0 amide bonds. The molecule has 1 aromatic rings. The molecule has 0 saturated carbocycles. The van der Waals surface area contributed by atoms with E-state index in [-0.39, 0.29) is 0 Å². The molecule has 1 saturated heterocycles. The molecule has 1 N–H and O–H groups in total. The van der Waals surface area contributed by atoms with E-state index in [1.165, 1.54) is 11.1 Å². The predicted octanol–water partition coefficient (Wildman–Crippen LogP) is 1.94. The van der Waals surface area contributed by atoms with E-state index in [0.717, 1.165) is 39.2 Å². The first-order valence-electron chi connectivity index (χ1n) is 6.99. The predicted molar refractivity (Wildman–Crippen MR) is 72.5 cm³/mol. The number of nitrogens with zero attached hydrogens (tertiary/aromatic N) is 1. The van der Waals surface area contributed by atoms with Crippen LogP contribution >= 0.6 is 0 Å². The first-order valence-corrected chi connectivity index (χ1v) is 6.99. The maximum atomic E-state index is 5.75. The van der Waals surface area contributed by atoms with E-state index < -0.39 is 0 Å². The Labute approximate surface area is 109 Å². The number of ether oxygens (including phenoxy) is 1. The Morgan fingerprint density at radius 3 is 3.17 bits per heavy atom. The van der Waals surface area contributed by atoms with E-state index >= 15 is 0 Å². The van der Waals surface area contributed by atoms with E-state index in [9.17, 15) is 0 Å². The van der Waals surface area contributed by atoms with Crippen LogP contribution in [-0.4, -0.2) is 37.2 Å². The van der Waals surface area contributed by atoms with Crippen molar-refractivity contribution < 1.29 is 4.74 Å². The van der Waals surface area contributed by atoms with Crippen molar-refractivity contribution >= 4 is 0 Å². The van der Waals surface area contributed by atoms with Crippen molar-refractivity contribution in [1.82, 2.24) is 10.2 Å². The highest BCUT2D eigenvalue weighted by atomic mass is 16.5. The molecule has 0 aliphatic carbocycles. The van der Waals surface area contributed by atoms with Gasteiger partial charge in [-0.1, -0.05) is 24.3 Å². The van der Waals surface area contributed by atoms with Crippen molar-refractivity contribution in [2.75, 3.05) is 26.2 Å². The molecule has 1 fully saturated rings. The van der Waals surface area contributed by atoms with Crippen molar-refractivity contribution in [2.45, 2.75) is 32.0 Å². The Kier molecular flexibility index (Phi) is 3.64. The van der Waals surface area contributed by atoms with Crippen LogP contribution in [0.5, 0.6) is 0 Å². The van der Waals surface area contributed by atoms with Crippen molar-refractivity contribution in [2.24, 2.45) is 0 Å². The molecule has 2 atom stereocenters. The second kappa shape index (κ2) is 5.39. The lowest BCUT2D eigenvalue weighted by Crippen LogP contribution is -2.42. The van der Waals surface area contributed by atoms with Crippen LogP contribution in [0.2, 0.25) is 0 Å². The highest BCUT2D eigenvalue weighted by molar-refractivity contribution is 5.32.